The van der Waals surface area contributed by atoms with Gasteiger partial charge in [0.05, 0.1) is 0 Å². The average molecular weight is 255 g/mol. The van der Waals surface area contributed by atoms with Crippen LogP contribution >= 0.6 is 0 Å². The van der Waals surface area contributed by atoms with E-state index in [1.807, 2.05) is 0 Å². The Kier molecular flexibility index (Phi) is 14.0. The van der Waals surface area contributed by atoms with Gasteiger partial charge in [-0.2, -0.15) is 0 Å². The molecule has 0 aromatic carbocycles. The molecular formula is C8H21NO6Si. The minimum Gasteiger partial charge on any atom is -0.368 e. The first-order valence-electron chi connectivity index (χ1n) is 5.26. The van der Waals surface area contributed by atoms with E-state index in [2.05, 4.69) is 17.1 Å². The zero-order valence-electron chi connectivity index (χ0n) is 9.50. The number of nitrogens with zero attached hydrogens (tertiary/aromatic N) is 1. The molecule has 16 heavy (non-hydrogen) atoms. The van der Waals surface area contributed by atoms with E-state index >= 15 is 0 Å². The Balaban J connectivity index is 0. The molecule has 7 nitrogen and oxygen atoms in total. The highest BCUT2D eigenvalue weighted by Gasteiger charge is 2.22. The Hall–Kier alpha value is -0.543. The van der Waals surface area contributed by atoms with Crippen molar-refractivity contribution >= 4 is 9.05 Å². The van der Waals surface area contributed by atoms with Crippen molar-refractivity contribution in [3.63, 3.8) is 0 Å². The molecule has 0 spiro atoms. The van der Waals surface area contributed by atoms with Gasteiger partial charge in [0, 0.05) is 0 Å². The highest BCUT2D eigenvalue weighted by atomic mass is 28.4. The van der Waals surface area contributed by atoms with E-state index in [4.69, 9.17) is 19.2 Å². The van der Waals surface area contributed by atoms with Crippen LogP contribution in [0, 0.1) is 4.91 Å². The van der Waals surface area contributed by atoms with Crippen molar-refractivity contribution in [3.8, 4) is 0 Å². The lowest BCUT2D eigenvalue weighted by atomic mass is 10.1. The summed E-state index contributed by atoms with van der Waals surface area (Å²) in [5.41, 5.74) is 0. The molecule has 0 unspecified atom stereocenters. The SMILES string of the molecule is CCCCCCCCON=O.O[Si](O)(O)O. The molecule has 0 aliphatic carbocycles. The Morgan fingerprint density at radius 1 is 1.00 bits per heavy atom. The van der Waals surface area contributed by atoms with Crippen molar-refractivity contribution in [2.45, 2.75) is 45.4 Å². The first-order valence-corrected chi connectivity index (χ1v) is 7.04. The third-order valence-electron chi connectivity index (χ3n) is 1.64. The quantitative estimate of drug-likeness (QED) is 0.216. The number of hydrogen-bond donors (Lipinski definition) is 4. The van der Waals surface area contributed by atoms with Gasteiger partial charge in [-0.1, -0.05) is 32.6 Å². The third kappa shape index (κ3) is 37.6. The van der Waals surface area contributed by atoms with Crippen molar-refractivity contribution in [1.29, 1.82) is 0 Å². The molecule has 8 heteroatoms. The average Bonchev–Trinajstić information content (AvgIpc) is 2.14. The maximum absolute atomic E-state index is 9.47. The molecule has 0 saturated carbocycles. The third-order valence-corrected chi connectivity index (χ3v) is 1.64. The van der Waals surface area contributed by atoms with Gasteiger partial charge in [-0.3, -0.25) is 0 Å². The molecule has 0 saturated heterocycles. The van der Waals surface area contributed by atoms with Gasteiger partial charge in [-0.15, -0.1) is 4.91 Å². The van der Waals surface area contributed by atoms with Crippen LogP contribution in [0.25, 0.3) is 0 Å². The molecule has 0 aliphatic heterocycles. The lowest BCUT2D eigenvalue weighted by Crippen LogP contribution is -2.33. The van der Waals surface area contributed by atoms with Crippen LogP contribution in [0.1, 0.15) is 45.4 Å². The van der Waals surface area contributed by atoms with Crippen molar-refractivity contribution < 1.29 is 24.0 Å². The molecule has 0 radical (unpaired) electrons. The molecule has 4 N–H and O–H groups in total. The molecule has 0 rings (SSSR count). The first kappa shape index (κ1) is 17.8. The van der Waals surface area contributed by atoms with Crippen molar-refractivity contribution in [1.82, 2.24) is 0 Å². The van der Waals surface area contributed by atoms with Gasteiger partial charge in [-0.25, -0.2) is 0 Å². The minimum absolute atomic E-state index is 0.482. The van der Waals surface area contributed by atoms with E-state index in [0.717, 1.165) is 12.8 Å². The van der Waals surface area contributed by atoms with Crippen molar-refractivity contribution in [2.75, 3.05) is 6.61 Å². The van der Waals surface area contributed by atoms with Crippen LogP contribution in [0.3, 0.4) is 0 Å². The maximum atomic E-state index is 9.47. The normalized spacial score (nSPS) is 10.3. The lowest BCUT2D eigenvalue weighted by Gasteiger charge is -1.97. The molecule has 0 atom stereocenters. The van der Waals surface area contributed by atoms with E-state index in [1.165, 1.54) is 25.7 Å². The number of unbranched alkanes of at least 4 members (excludes halogenated alkanes) is 5. The van der Waals surface area contributed by atoms with Crippen LogP contribution in [-0.4, -0.2) is 34.8 Å². The monoisotopic (exact) mass is 255 g/mol. The summed E-state index contributed by atoms with van der Waals surface area (Å²) in [6, 6.07) is 0. The summed E-state index contributed by atoms with van der Waals surface area (Å²) in [5, 5.41) is 2.32. The fourth-order valence-corrected chi connectivity index (χ4v) is 0.984. The lowest BCUT2D eigenvalue weighted by molar-refractivity contribution is 0.117. The second-order valence-corrected chi connectivity index (χ2v) is 4.48. The standard InChI is InChI=1S/C8H17NO2.H4O4Si/c1-2-3-4-5-6-7-8-11-9-10;1-5(2,3)4/h2-8H2,1H3;1-4H. The summed E-state index contributed by atoms with van der Waals surface area (Å²) in [7, 11) is -4.61. The highest BCUT2D eigenvalue weighted by molar-refractivity contribution is 6.46. The fourth-order valence-electron chi connectivity index (χ4n) is 0.984. The second kappa shape index (κ2) is 12.5. The van der Waals surface area contributed by atoms with Gasteiger partial charge in [0.2, 0.25) is 0 Å². The van der Waals surface area contributed by atoms with E-state index in [-0.39, 0.29) is 0 Å². The van der Waals surface area contributed by atoms with Crippen LogP contribution in [-0.2, 0) is 4.84 Å². The van der Waals surface area contributed by atoms with E-state index in [0.29, 0.717) is 6.61 Å². The van der Waals surface area contributed by atoms with Crippen LogP contribution in [0.2, 0.25) is 0 Å². The first-order chi connectivity index (χ1) is 7.41. The number of hydrogen-bond acceptors (Lipinski definition) is 7. The molecule has 0 aromatic heterocycles. The Labute approximate surface area is 96.1 Å². The summed E-state index contributed by atoms with van der Waals surface area (Å²) in [6.45, 7) is 2.68. The Morgan fingerprint density at radius 2 is 1.44 bits per heavy atom. The zero-order chi connectivity index (χ0) is 12.9. The smallest absolute Gasteiger partial charge is 0.368 e. The molecule has 0 heterocycles. The molecule has 0 aliphatic rings. The predicted molar refractivity (Wildman–Crippen MR) is 59.8 cm³/mol. The Morgan fingerprint density at radius 3 is 1.88 bits per heavy atom. The van der Waals surface area contributed by atoms with E-state index in [1.54, 1.807) is 0 Å². The number of rotatable bonds is 8. The van der Waals surface area contributed by atoms with Crippen LogP contribution in [0.5, 0.6) is 0 Å². The van der Waals surface area contributed by atoms with Gasteiger partial charge >= 0.3 is 9.05 Å². The summed E-state index contributed by atoms with van der Waals surface area (Å²) in [4.78, 5) is 43.1. The van der Waals surface area contributed by atoms with Gasteiger partial charge in [0.25, 0.3) is 0 Å². The van der Waals surface area contributed by atoms with Crippen LogP contribution < -0.4 is 0 Å². The zero-order valence-corrected chi connectivity index (χ0v) is 10.5. The predicted octanol–water partition coefficient (Wildman–Crippen LogP) is 0.436. The van der Waals surface area contributed by atoms with Gasteiger partial charge < -0.3 is 24.0 Å². The van der Waals surface area contributed by atoms with Crippen LogP contribution in [0.4, 0.5) is 0 Å². The molecule has 98 valence electrons. The topological polar surface area (TPSA) is 120 Å². The van der Waals surface area contributed by atoms with Crippen molar-refractivity contribution in [2.24, 2.45) is 5.34 Å². The summed E-state index contributed by atoms with van der Waals surface area (Å²) in [5.74, 6) is 0. The highest BCUT2D eigenvalue weighted by Crippen LogP contribution is 2.04. The minimum atomic E-state index is -4.61. The summed E-state index contributed by atoms with van der Waals surface area (Å²) >= 11 is 0. The summed E-state index contributed by atoms with van der Waals surface area (Å²) < 4.78 is 0. The van der Waals surface area contributed by atoms with Crippen molar-refractivity contribution in [3.05, 3.63) is 4.91 Å². The van der Waals surface area contributed by atoms with E-state index < -0.39 is 9.05 Å². The van der Waals surface area contributed by atoms with Gasteiger partial charge in [-0.05, 0) is 12.8 Å². The van der Waals surface area contributed by atoms with E-state index in [9.17, 15) is 4.91 Å². The largest absolute Gasteiger partial charge is 0.668 e. The molecular weight excluding hydrogens is 234 g/mol. The fraction of sp³-hybridized carbons (Fsp3) is 1.00. The molecule has 0 fully saturated rings. The molecule has 0 aromatic rings. The molecule has 0 amide bonds. The second-order valence-electron chi connectivity index (χ2n) is 3.28. The maximum Gasteiger partial charge on any atom is 0.668 e. The summed E-state index contributed by atoms with van der Waals surface area (Å²) in [6.07, 6.45) is 7.23. The Bertz CT molecular complexity index is 146. The van der Waals surface area contributed by atoms with Gasteiger partial charge in [0.1, 0.15) is 6.61 Å². The molecule has 0 bridgehead atoms. The van der Waals surface area contributed by atoms with Gasteiger partial charge in [0.15, 0.2) is 5.34 Å². The van der Waals surface area contributed by atoms with Crippen LogP contribution in [0.15, 0.2) is 5.34 Å².